The molecule has 2 aromatic heterocycles. The van der Waals surface area contributed by atoms with Crippen LogP contribution in [0, 0.1) is 0 Å². The van der Waals surface area contributed by atoms with Crippen molar-refractivity contribution in [3.05, 3.63) is 218 Å². The summed E-state index contributed by atoms with van der Waals surface area (Å²) >= 11 is 1.87. The molecule has 276 valence electrons. The number of nitrogens with zero attached hydrogens (tertiary/aromatic N) is 2. The summed E-state index contributed by atoms with van der Waals surface area (Å²) in [6, 6.07) is 79.9. The van der Waals surface area contributed by atoms with Gasteiger partial charge in [0.25, 0.3) is 0 Å². The maximum absolute atomic E-state index is 2.41. The van der Waals surface area contributed by atoms with Crippen LogP contribution in [0.15, 0.2) is 218 Å². The molecule has 59 heavy (non-hydrogen) atoms. The number of thiophene rings is 1. The highest BCUT2D eigenvalue weighted by atomic mass is 32.1. The fourth-order valence-corrected chi connectivity index (χ4v) is 10.4. The summed E-state index contributed by atoms with van der Waals surface area (Å²) in [5, 5.41) is 10.2. The van der Waals surface area contributed by atoms with Crippen molar-refractivity contribution in [3.8, 4) is 27.9 Å². The van der Waals surface area contributed by atoms with E-state index >= 15 is 0 Å². The van der Waals surface area contributed by atoms with Crippen LogP contribution in [0.2, 0.25) is 0 Å². The molecule has 0 amide bonds. The molecule has 0 saturated carbocycles. The SMILES string of the molecule is c1ccc(-c2cccc3cccc(-c4ccc(N(c5ccc(-n6c7ccccc7c7ccccc76)cc5)c5ccc6sc7ccc8ccccc8c7c6c5)cc4)c23)cc1. The number of benzene rings is 10. The zero-order valence-corrected chi connectivity index (χ0v) is 32.9. The summed E-state index contributed by atoms with van der Waals surface area (Å²) in [6.45, 7) is 0. The van der Waals surface area contributed by atoms with Crippen LogP contribution < -0.4 is 4.90 Å². The van der Waals surface area contributed by atoms with E-state index in [2.05, 4.69) is 228 Å². The van der Waals surface area contributed by atoms with Crippen LogP contribution in [0.4, 0.5) is 17.1 Å². The molecule has 2 nitrogen and oxygen atoms in total. The molecule has 0 aliphatic rings. The minimum atomic E-state index is 1.10. The highest BCUT2D eigenvalue weighted by molar-refractivity contribution is 7.26. The number of aromatic nitrogens is 1. The summed E-state index contributed by atoms with van der Waals surface area (Å²) < 4.78 is 4.99. The average Bonchev–Trinajstić information content (AvgIpc) is 3.85. The molecule has 0 aliphatic heterocycles. The fourth-order valence-electron chi connectivity index (χ4n) is 9.30. The minimum Gasteiger partial charge on any atom is -0.310 e. The maximum atomic E-state index is 2.41. The largest absolute Gasteiger partial charge is 0.310 e. The Labute approximate surface area is 346 Å². The molecule has 0 N–H and O–H groups in total. The van der Waals surface area contributed by atoms with Crippen LogP contribution >= 0.6 is 11.3 Å². The van der Waals surface area contributed by atoms with Crippen LogP contribution in [0.1, 0.15) is 0 Å². The Balaban J connectivity index is 1.02. The van der Waals surface area contributed by atoms with Gasteiger partial charge in [-0.3, -0.25) is 0 Å². The average molecular weight is 769 g/mol. The van der Waals surface area contributed by atoms with Gasteiger partial charge >= 0.3 is 0 Å². The Morgan fingerprint density at radius 2 is 0.881 bits per heavy atom. The lowest BCUT2D eigenvalue weighted by molar-refractivity contribution is 1.17. The van der Waals surface area contributed by atoms with Crippen LogP contribution in [0.3, 0.4) is 0 Å². The van der Waals surface area contributed by atoms with E-state index < -0.39 is 0 Å². The van der Waals surface area contributed by atoms with Gasteiger partial charge in [-0.15, -0.1) is 11.3 Å². The minimum absolute atomic E-state index is 1.10. The third-order valence-electron chi connectivity index (χ3n) is 12.0. The van der Waals surface area contributed by atoms with Crippen LogP contribution in [-0.4, -0.2) is 4.57 Å². The third kappa shape index (κ3) is 5.47. The maximum Gasteiger partial charge on any atom is 0.0541 e. The molecule has 3 heteroatoms. The molecule has 12 rings (SSSR count). The Hall–Kier alpha value is -7.46. The van der Waals surface area contributed by atoms with E-state index in [9.17, 15) is 0 Å². The fraction of sp³-hybridized carbons (Fsp3) is 0. The number of fused-ring (bicyclic) bond motifs is 9. The number of anilines is 3. The van der Waals surface area contributed by atoms with Gasteiger partial charge in [-0.1, -0.05) is 146 Å². The van der Waals surface area contributed by atoms with E-state index in [0.29, 0.717) is 0 Å². The Morgan fingerprint density at radius 1 is 0.339 bits per heavy atom. The number of rotatable bonds is 6. The molecule has 0 bridgehead atoms. The summed E-state index contributed by atoms with van der Waals surface area (Å²) in [5.41, 5.74) is 11.8. The predicted octanol–water partition coefficient (Wildman–Crippen LogP) is 16.3. The van der Waals surface area contributed by atoms with Gasteiger partial charge in [0.1, 0.15) is 0 Å². The summed E-state index contributed by atoms with van der Waals surface area (Å²) in [7, 11) is 0. The van der Waals surface area contributed by atoms with Gasteiger partial charge < -0.3 is 9.47 Å². The van der Waals surface area contributed by atoms with E-state index in [-0.39, 0.29) is 0 Å². The first-order chi connectivity index (χ1) is 29.3. The first-order valence-electron chi connectivity index (χ1n) is 20.2. The first-order valence-corrected chi connectivity index (χ1v) is 21.0. The normalized spacial score (nSPS) is 11.7. The number of hydrogen-bond donors (Lipinski definition) is 0. The molecule has 0 spiro atoms. The lowest BCUT2D eigenvalue weighted by Crippen LogP contribution is -2.10. The zero-order chi connectivity index (χ0) is 38.9. The first kappa shape index (κ1) is 33.7. The molecule has 2 heterocycles. The van der Waals surface area contributed by atoms with Gasteiger partial charge in [-0.05, 0) is 117 Å². The number of para-hydroxylation sites is 2. The molecule has 0 fully saturated rings. The molecule has 0 saturated heterocycles. The van der Waals surface area contributed by atoms with Crippen LogP contribution in [0.25, 0.3) is 91.5 Å². The summed E-state index contributed by atoms with van der Waals surface area (Å²) in [4.78, 5) is 2.41. The van der Waals surface area contributed by atoms with Crippen molar-refractivity contribution in [2.24, 2.45) is 0 Å². The second-order valence-corrected chi connectivity index (χ2v) is 16.4. The highest BCUT2D eigenvalue weighted by Gasteiger charge is 2.18. The van der Waals surface area contributed by atoms with Crippen molar-refractivity contribution in [3.63, 3.8) is 0 Å². The predicted molar refractivity (Wildman–Crippen MR) is 254 cm³/mol. The summed E-state index contributed by atoms with van der Waals surface area (Å²) in [5.74, 6) is 0. The monoisotopic (exact) mass is 768 g/mol. The van der Waals surface area contributed by atoms with E-state index in [4.69, 9.17) is 0 Å². The molecular weight excluding hydrogens is 733 g/mol. The van der Waals surface area contributed by atoms with Crippen molar-refractivity contribution in [2.45, 2.75) is 0 Å². The van der Waals surface area contributed by atoms with Crippen LogP contribution in [0.5, 0.6) is 0 Å². The van der Waals surface area contributed by atoms with Gasteiger partial charge in [0.15, 0.2) is 0 Å². The van der Waals surface area contributed by atoms with Crippen molar-refractivity contribution in [1.82, 2.24) is 4.57 Å². The van der Waals surface area contributed by atoms with E-state index in [1.165, 1.54) is 85.8 Å². The quantitative estimate of drug-likeness (QED) is 0.164. The van der Waals surface area contributed by atoms with Crippen molar-refractivity contribution < 1.29 is 0 Å². The van der Waals surface area contributed by atoms with Gasteiger partial charge in [-0.2, -0.15) is 0 Å². The molecular formula is C56H36N2S. The molecule has 0 radical (unpaired) electrons. The molecule has 12 aromatic rings. The lowest BCUT2D eigenvalue weighted by Gasteiger charge is -2.26. The molecule has 0 unspecified atom stereocenters. The van der Waals surface area contributed by atoms with E-state index in [0.717, 1.165) is 22.7 Å². The van der Waals surface area contributed by atoms with Crippen LogP contribution in [-0.2, 0) is 0 Å². The molecule has 0 atom stereocenters. The second kappa shape index (κ2) is 13.6. The topological polar surface area (TPSA) is 8.17 Å². The van der Waals surface area contributed by atoms with Crippen molar-refractivity contribution in [1.29, 1.82) is 0 Å². The molecule has 0 aliphatic carbocycles. The Morgan fingerprint density at radius 3 is 1.58 bits per heavy atom. The van der Waals surface area contributed by atoms with Gasteiger partial charge in [0.05, 0.1) is 11.0 Å². The zero-order valence-electron chi connectivity index (χ0n) is 32.1. The summed E-state index contributed by atoms with van der Waals surface area (Å²) in [6.07, 6.45) is 0. The highest BCUT2D eigenvalue weighted by Crippen LogP contribution is 2.44. The van der Waals surface area contributed by atoms with Gasteiger partial charge in [0.2, 0.25) is 0 Å². The van der Waals surface area contributed by atoms with E-state index in [1.807, 2.05) is 11.3 Å². The Bertz CT molecular complexity index is 3480. The van der Waals surface area contributed by atoms with Crippen molar-refractivity contribution in [2.75, 3.05) is 4.90 Å². The standard InChI is InChI=1S/C56H36N2S/c1-2-12-37(13-3-1)45-20-10-15-40-16-11-21-46(55(40)45)39-24-27-41(28-25-39)57(44-33-35-53-50(36-44)56-47-17-5-4-14-38(47)26-34-54(56)59-53)42-29-31-43(32-30-42)58-51-22-8-6-18-48(51)49-19-7-9-23-52(49)58/h1-36H. The lowest BCUT2D eigenvalue weighted by atomic mass is 9.91. The van der Waals surface area contributed by atoms with E-state index in [1.54, 1.807) is 0 Å². The number of hydrogen-bond acceptors (Lipinski definition) is 2. The smallest absolute Gasteiger partial charge is 0.0541 e. The van der Waals surface area contributed by atoms with Gasteiger partial charge in [-0.25, -0.2) is 0 Å². The third-order valence-corrected chi connectivity index (χ3v) is 13.1. The Kier molecular flexibility index (Phi) is 7.75. The van der Waals surface area contributed by atoms with Crippen molar-refractivity contribution >= 4 is 91.9 Å². The molecule has 10 aromatic carbocycles. The second-order valence-electron chi connectivity index (χ2n) is 15.3. The van der Waals surface area contributed by atoms with Gasteiger partial charge in [0, 0.05) is 53.7 Å².